The van der Waals surface area contributed by atoms with Crippen molar-refractivity contribution >= 4 is 21.6 Å². The molecule has 162 valence electrons. The summed E-state index contributed by atoms with van der Waals surface area (Å²) in [7, 11) is -3.57. The van der Waals surface area contributed by atoms with E-state index in [2.05, 4.69) is 15.7 Å². The molecule has 2 aromatic carbocycles. The molecule has 1 N–H and O–H groups in total. The van der Waals surface area contributed by atoms with Gasteiger partial charge in [-0.3, -0.25) is 4.79 Å². The van der Waals surface area contributed by atoms with E-state index in [0.717, 1.165) is 22.2 Å². The van der Waals surface area contributed by atoms with Crippen LogP contribution in [0.15, 0.2) is 64.3 Å². The number of sulfonamides is 1. The molecule has 1 amide bonds. The maximum atomic E-state index is 12.7. The third-order valence-corrected chi connectivity index (χ3v) is 6.91. The molecule has 1 aliphatic heterocycles. The number of anilines is 1. The molecule has 1 saturated heterocycles. The number of hydrogen-bond acceptors (Lipinski definition) is 6. The number of benzene rings is 2. The standard InChI is InChI=1S/C20H22N6O4S/c27-19(11-14-25-20(28)26(23-22-25)17-8-2-1-3-9-17)21-16-7-6-10-18(15-16)31(29,30)24-12-4-5-13-24/h1-3,6-10,15H,4-5,11-14H2,(H,21,27). The summed E-state index contributed by atoms with van der Waals surface area (Å²) in [5, 5.41) is 10.3. The molecule has 2 heterocycles. The maximum Gasteiger partial charge on any atom is 0.368 e. The van der Waals surface area contributed by atoms with Crippen LogP contribution < -0.4 is 11.0 Å². The fourth-order valence-corrected chi connectivity index (χ4v) is 4.95. The van der Waals surface area contributed by atoms with Crippen LogP contribution in [0, 0.1) is 0 Å². The van der Waals surface area contributed by atoms with E-state index < -0.39 is 15.7 Å². The number of nitrogens with one attached hydrogen (secondary N) is 1. The van der Waals surface area contributed by atoms with Crippen LogP contribution in [-0.2, 0) is 21.4 Å². The Hall–Kier alpha value is -3.31. The molecular formula is C20H22N6O4S. The fourth-order valence-electron chi connectivity index (χ4n) is 3.39. The number of rotatable bonds is 7. The number of tetrazole rings is 1. The van der Waals surface area contributed by atoms with E-state index >= 15 is 0 Å². The number of carbonyl (C=O) groups excluding carboxylic acids is 1. The molecule has 1 aliphatic rings. The molecule has 0 aliphatic carbocycles. The van der Waals surface area contributed by atoms with Crippen molar-refractivity contribution < 1.29 is 13.2 Å². The summed E-state index contributed by atoms with van der Waals surface area (Å²) in [5.74, 6) is -0.364. The van der Waals surface area contributed by atoms with Crippen LogP contribution in [0.4, 0.5) is 5.69 Å². The quantitative estimate of drug-likeness (QED) is 0.588. The summed E-state index contributed by atoms with van der Waals surface area (Å²) < 4.78 is 29.1. The molecule has 0 atom stereocenters. The Balaban J connectivity index is 1.40. The molecule has 31 heavy (non-hydrogen) atoms. The Kier molecular flexibility index (Phi) is 5.96. The van der Waals surface area contributed by atoms with Gasteiger partial charge in [0.05, 0.1) is 17.1 Å². The molecule has 0 saturated carbocycles. The predicted octanol–water partition coefficient (Wildman–Crippen LogP) is 1.24. The summed E-state index contributed by atoms with van der Waals surface area (Å²) in [6.45, 7) is 1.07. The van der Waals surface area contributed by atoms with Crippen molar-refractivity contribution in [2.75, 3.05) is 18.4 Å². The van der Waals surface area contributed by atoms with Gasteiger partial charge in [0.2, 0.25) is 15.9 Å². The average Bonchev–Trinajstić information content (AvgIpc) is 3.44. The molecule has 0 unspecified atom stereocenters. The largest absolute Gasteiger partial charge is 0.368 e. The molecule has 11 heteroatoms. The van der Waals surface area contributed by atoms with Gasteiger partial charge in [0.15, 0.2) is 0 Å². The van der Waals surface area contributed by atoms with Gasteiger partial charge in [-0.25, -0.2) is 13.2 Å². The lowest BCUT2D eigenvalue weighted by atomic mass is 10.3. The van der Waals surface area contributed by atoms with Crippen LogP contribution in [0.1, 0.15) is 19.3 Å². The Labute approximate surface area is 179 Å². The average molecular weight is 443 g/mol. The predicted molar refractivity (Wildman–Crippen MR) is 113 cm³/mol. The third-order valence-electron chi connectivity index (χ3n) is 5.01. The van der Waals surface area contributed by atoms with Gasteiger partial charge in [-0.15, -0.1) is 0 Å². The van der Waals surface area contributed by atoms with Crippen molar-refractivity contribution in [1.82, 2.24) is 24.1 Å². The number of aromatic nitrogens is 4. The molecule has 1 aromatic heterocycles. The lowest BCUT2D eigenvalue weighted by molar-refractivity contribution is -0.116. The molecule has 1 fully saturated rings. The highest BCUT2D eigenvalue weighted by molar-refractivity contribution is 7.89. The zero-order chi connectivity index (χ0) is 21.8. The van der Waals surface area contributed by atoms with Crippen LogP contribution in [0.25, 0.3) is 5.69 Å². The summed E-state index contributed by atoms with van der Waals surface area (Å²) in [6.07, 6.45) is 1.68. The van der Waals surface area contributed by atoms with Gasteiger partial charge < -0.3 is 5.32 Å². The lowest BCUT2D eigenvalue weighted by Crippen LogP contribution is -2.28. The SMILES string of the molecule is O=C(CCn1nnn(-c2ccccc2)c1=O)Nc1cccc(S(=O)(=O)N2CCCC2)c1. The Bertz CT molecular complexity index is 1230. The Morgan fingerprint density at radius 3 is 2.48 bits per heavy atom. The van der Waals surface area contributed by atoms with Crippen LogP contribution >= 0.6 is 0 Å². The minimum Gasteiger partial charge on any atom is -0.326 e. The number of carbonyl (C=O) groups is 1. The second-order valence-corrected chi connectivity index (χ2v) is 9.11. The van der Waals surface area contributed by atoms with E-state index in [4.69, 9.17) is 0 Å². The van der Waals surface area contributed by atoms with Crippen molar-refractivity contribution in [3.63, 3.8) is 0 Å². The van der Waals surface area contributed by atoms with Gasteiger partial charge in [-0.2, -0.15) is 13.7 Å². The topological polar surface area (TPSA) is 119 Å². The first-order valence-electron chi connectivity index (χ1n) is 9.93. The molecule has 3 aromatic rings. The zero-order valence-electron chi connectivity index (χ0n) is 16.7. The van der Waals surface area contributed by atoms with E-state index in [1.807, 2.05) is 6.07 Å². The lowest BCUT2D eigenvalue weighted by Gasteiger charge is -2.16. The van der Waals surface area contributed by atoms with Crippen LogP contribution in [0.5, 0.6) is 0 Å². The number of hydrogen-bond donors (Lipinski definition) is 1. The van der Waals surface area contributed by atoms with Crippen molar-refractivity contribution in [2.45, 2.75) is 30.7 Å². The van der Waals surface area contributed by atoms with Gasteiger partial charge in [0, 0.05) is 25.2 Å². The first-order chi connectivity index (χ1) is 14.9. The third kappa shape index (κ3) is 4.57. The number of para-hydroxylation sites is 1. The highest BCUT2D eigenvalue weighted by Crippen LogP contribution is 2.23. The summed E-state index contributed by atoms with van der Waals surface area (Å²) >= 11 is 0. The Morgan fingerprint density at radius 2 is 1.74 bits per heavy atom. The summed E-state index contributed by atoms with van der Waals surface area (Å²) in [5.41, 5.74) is 0.516. The molecule has 0 bridgehead atoms. The smallest absolute Gasteiger partial charge is 0.326 e. The van der Waals surface area contributed by atoms with Crippen LogP contribution in [-0.4, -0.2) is 51.5 Å². The minimum atomic E-state index is -3.57. The van der Waals surface area contributed by atoms with Crippen molar-refractivity contribution in [3.05, 3.63) is 65.1 Å². The monoisotopic (exact) mass is 442 g/mol. The summed E-state index contributed by atoms with van der Waals surface area (Å²) in [4.78, 5) is 24.9. The first kappa shape index (κ1) is 20.9. The van der Waals surface area contributed by atoms with Gasteiger partial charge in [-0.1, -0.05) is 24.3 Å². The van der Waals surface area contributed by atoms with Crippen LogP contribution in [0.3, 0.4) is 0 Å². The molecule has 10 nitrogen and oxygen atoms in total. The molecule has 0 radical (unpaired) electrons. The van der Waals surface area contributed by atoms with Gasteiger partial charge in [0.1, 0.15) is 0 Å². The Morgan fingerprint density at radius 1 is 1.00 bits per heavy atom. The second-order valence-electron chi connectivity index (χ2n) is 7.17. The maximum absolute atomic E-state index is 12.7. The highest BCUT2D eigenvalue weighted by atomic mass is 32.2. The van der Waals surface area contributed by atoms with E-state index in [0.29, 0.717) is 24.5 Å². The number of amides is 1. The van der Waals surface area contributed by atoms with E-state index in [1.165, 1.54) is 16.4 Å². The number of aryl methyl sites for hydroxylation is 1. The number of nitrogens with zero attached hydrogens (tertiary/aromatic N) is 5. The summed E-state index contributed by atoms with van der Waals surface area (Å²) in [6, 6.07) is 15.0. The van der Waals surface area contributed by atoms with E-state index in [1.54, 1.807) is 36.4 Å². The van der Waals surface area contributed by atoms with Gasteiger partial charge in [-0.05, 0) is 53.6 Å². The minimum absolute atomic E-state index is 0.0174. The van der Waals surface area contributed by atoms with Crippen molar-refractivity contribution in [2.24, 2.45) is 0 Å². The first-order valence-corrected chi connectivity index (χ1v) is 11.4. The molecule has 4 rings (SSSR count). The fraction of sp³-hybridized carbons (Fsp3) is 0.300. The van der Waals surface area contributed by atoms with Crippen LogP contribution in [0.2, 0.25) is 0 Å². The molecule has 0 spiro atoms. The van der Waals surface area contributed by atoms with Crippen molar-refractivity contribution in [3.8, 4) is 5.69 Å². The highest BCUT2D eigenvalue weighted by Gasteiger charge is 2.27. The van der Waals surface area contributed by atoms with E-state index in [-0.39, 0.29) is 23.8 Å². The normalized spacial score (nSPS) is 14.6. The van der Waals surface area contributed by atoms with Gasteiger partial charge >= 0.3 is 5.69 Å². The van der Waals surface area contributed by atoms with Gasteiger partial charge in [0.25, 0.3) is 0 Å². The van der Waals surface area contributed by atoms with Crippen molar-refractivity contribution in [1.29, 1.82) is 0 Å². The zero-order valence-corrected chi connectivity index (χ0v) is 17.5. The van der Waals surface area contributed by atoms with E-state index in [9.17, 15) is 18.0 Å². The molecular weight excluding hydrogens is 420 g/mol. The second kappa shape index (κ2) is 8.82.